The molecular weight excluding hydrogens is 477 g/mol. The Hall–Kier alpha value is -2.87. The number of pyridine rings is 1. The molecule has 33 heavy (non-hydrogen) atoms. The van der Waals surface area contributed by atoms with Crippen molar-refractivity contribution in [2.75, 3.05) is 12.8 Å². The molecule has 9 heteroatoms. The molecule has 0 bridgehead atoms. The van der Waals surface area contributed by atoms with E-state index in [1.807, 2.05) is 72.2 Å². The molecule has 4 rings (SSSR count). The zero-order valence-electron chi connectivity index (χ0n) is 18.0. The van der Waals surface area contributed by atoms with Gasteiger partial charge in [0.15, 0.2) is 11.0 Å². The van der Waals surface area contributed by atoms with E-state index in [0.717, 1.165) is 16.8 Å². The first-order valence-corrected chi connectivity index (χ1v) is 11.9. The van der Waals surface area contributed by atoms with Crippen molar-refractivity contribution in [2.45, 2.75) is 18.1 Å². The quantitative estimate of drug-likeness (QED) is 0.295. The fourth-order valence-electron chi connectivity index (χ4n) is 3.28. The minimum Gasteiger partial charge on any atom is -0.338 e. The third-order valence-corrected chi connectivity index (χ3v) is 6.73. The topological polar surface area (TPSA) is 63.9 Å². The number of rotatable bonds is 7. The zero-order chi connectivity index (χ0) is 23.4. The summed E-state index contributed by atoms with van der Waals surface area (Å²) in [5, 5.41) is 10.7. The van der Waals surface area contributed by atoms with Gasteiger partial charge in [-0.1, -0.05) is 47.1 Å². The molecule has 1 atom stereocenters. The predicted octanol–water partition coefficient (Wildman–Crippen LogP) is 5.95. The smallest absolute Gasteiger partial charge is 0.233 e. The van der Waals surface area contributed by atoms with Crippen molar-refractivity contribution >= 4 is 40.9 Å². The van der Waals surface area contributed by atoms with E-state index < -0.39 is 0 Å². The molecule has 0 saturated carbocycles. The van der Waals surface area contributed by atoms with Crippen LogP contribution in [0.1, 0.15) is 18.5 Å². The van der Waals surface area contributed by atoms with Crippen molar-refractivity contribution in [3.8, 4) is 17.1 Å². The van der Waals surface area contributed by atoms with E-state index in [9.17, 15) is 4.79 Å². The Bertz CT molecular complexity index is 1230. The Morgan fingerprint density at radius 3 is 2.21 bits per heavy atom. The van der Waals surface area contributed by atoms with Crippen LogP contribution in [0.25, 0.3) is 17.1 Å². The van der Waals surface area contributed by atoms with Crippen molar-refractivity contribution in [1.82, 2.24) is 24.6 Å². The molecule has 2 heterocycles. The molecule has 4 aromatic rings. The lowest BCUT2D eigenvalue weighted by molar-refractivity contribution is -0.128. The molecule has 0 N–H and O–H groups in total. The summed E-state index contributed by atoms with van der Waals surface area (Å²) in [5.41, 5.74) is 2.75. The first-order valence-electron chi connectivity index (χ1n) is 10.2. The van der Waals surface area contributed by atoms with E-state index in [1.54, 1.807) is 24.3 Å². The average molecular weight is 498 g/mol. The number of hydrogen-bond donors (Lipinski definition) is 0. The summed E-state index contributed by atoms with van der Waals surface area (Å²) < 4.78 is 1.92. The van der Waals surface area contributed by atoms with Crippen LogP contribution in [-0.2, 0) is 4.79 Å². The van der Waals surface area contributed by atoms with Gasteiger partial charge in [-0.2, -0.15) is 0 Å². The van der Waals surface area contributed by atoms with Crippen LogP contribution in [0.4, 0.5) is 0 Å². The van der Waals surface area contributed by atoms with Gasteiger partial charge >= 0.3 is 0 Å². The van der Waals surface area contributed by atoms with Gasteiger partial charge in [0.2, 0.25) is 5.91 Å². The molecular formula is C24H21Cl2N5OS. The molecule has 2 aromatic carbocycles. The van der Waals surface area contributed by atoms with Gasteiger partial charge in [0.1, 0.15) is 0 Å². The molecule has 168 valence electrons. The summed E-state index contributed by atoms with van der Waals surface area (Å²) in [5.74, 6) is 0.868. The first-order chi connectivity index (χ1) is 15.9. The van der Waals surface area contributed by atoms with Crippen LogP contribution < -0.4 is 0 Å². The number of nitrogens with zero attached hydrogens (tertiary/aromatic N) is 5. The number of thioether (sulfide) groups is 1. The molecule has 0 radical (unpaired) electrons. The summed E-state index contributed by atoms with van der Waals surface area (Å²) in [6, 6.07) is 18.6. The Morgan fingerprint density at radius 2 is 1.58 bits per heavy atom. The SMILES string of the molecule is CC(c1ccc(Cl)cc1)N(C)C(=O)CSc1nnc(-c2ccncc2)n1-c1ccc(Cl)cc1. The minimum atomic E-state index is -0.0862. The van der Waals surface area contributed by atoms with Gasteiger partial charge in [0, 0.05) is 40.7 Å². The monoisotopic (exact) mass is 497 g/mol. The van der Waals surface area contributed by atoms with Crippen molar-refractivity contribution in [1.29, 1.82) is 0 Å². The Morgan fingerprint density at radius 1 is 0.970 bits per heavy atom. The Labute approximate surface area is 206 Å². The van der Waals surface area contributed by atoms with Crippen molar-refractivity contribution < 1.29 is 4.79 Å². The third kappa shape index (κ3) is 5.38. The van der Waals surface area contributed by atoms with E-state index in [2.05, 4.69) is 15.2 Å². The van der Waals surface area contributed by atoms with Gasteiger partial charge in [-0.25, -0.2) is 0 Å². The van der Waals surface area contributed by atoms with E-state index in [1.165, 1.54) is 11.8 Å². The van der Waals surface area contributed by atoms with Crippen LogP contribution in [0.15, 0.2) is 78.2 Å². The van der Waals surface area contributed by atoms with Crippen molar-refractivity contribution in [3.63, 3.8) is 0 Å². The van der Waals surface area contributed by atoms with Gasteiger partial charge in [0.05, 0.1) is 11.8 Å². The Kier molecular flexibility index (Phi) is 7.33. The van der Waals surface area contributed by atoms with Crippen LogP contribution in [0.3, 0.4) is 0 Å². The Balaban J connectivity index is 1.56. The van der Waals surface area contributed by atoms with Crippen LogP contribution >= 0.6 is 35.0 Å². The summed E-state index contributed by atoms with van der Waals surface area (Å²) in [6.07, 6.45) is 3.42. The predicted molar refractivity (Wildman–Crippen MR) is 133 cm³/mol. The number of carbonyl (C=O) groups is 1. The zero-order valence-corrected chi connectivity index (χ0v) is 20.3. The lowest BCUT2D eigenvalue weighted by Crippen LogP contribution is -2.31. The minimum absolute atomic E-state index is 0.0152. The lowest BCUT2D eigenvalue weighted by Gasteiger charge is -2.25. The highest BCUT2D eigenvalue weighted by molar-refractivity contribution is 7.99. The molecule has 6 nitrogen and oxygen atoms in total. The van der Waals surface area contributed by atoms with Crippen LogP contribution in [-0.4, -0.2) is 43.4 Å². The summed E-state index contributed by atoms with van der Waals surface area (Å²) in [7, 11) is 1.80. The van der Waals surface area contributed by atoms with Crippen molar-refractivity contribution in [3.05, 3.63) is 88.7 Å². The summed E-state index contributed by atoms with van der Waals surface area (Å²) in [4.78, 5) is 18.8. The summed E-state index contributed by atoms with van der Waals surface area (Å²) >= 11 is 13.4. The normalized spacial score (nSPS) is 11.9. The fraction of sp³-hybridized carbons (Fsp3) is 0.167. The van der Waals surface area contributed by atoms with E-state index >= 15 is 0 Å². The molecule has 1 amide bonds. The van der Waals surface area contributed by atoms with Gasteiger partial charge in [-0.05, 0) is 61.0 Å². The largest absolute Gasteiger partial charge is 0.338 e. The number of amides is 1. The van der Waals surface area contributed by atoms with Crippen molar-refractivity contribution in [2.24, 2.45) is 0 Å². The number of hydrogen-bond acceptors (Lipinski definition) is 5. The number of halogens is 2. The molecule has 2 aromatic heterocycles. The molecule has 0 aliphatic carbocycles. The maximum atomic E-state index is 13.0. The van der Waals surface area contributed by atoms with E-state index in [-0.39, 0.29) is 17.7 Å². The number of carbonyl (C=O) groups excluding carboxylic acids is 1. The molecule has 0 fully saturated rings. The van der Waals surface area contributed by atoms with Gasteiger partial charge < -0.3 is 4.90 Å². The number of benzene rings is 2. The van der Waals surface area contributed by atoms with E-state index in [4.69, 9.17) is 23.2 Å². The number of aromatic nitrogens is 4. The molecule has 0 spiro atoms. The maximum absolute atomic E-state index is 13.0. The summed E-state index contributed by atoms with van der Waals surface area (Å²) in [6.45, 7) is 1.99. The maximum Gasteiger partial charge on any atom is 0.233 e. The fourth-order valence-corrected chi connectivity index (χ4v) is 4.41. The highest BCUT2D eigenvalue weighted by Gasteiger charge is 2.21. The third-order valence-electron chi connectivity index (χ3n) is 5.31. The van der Waals surface area contributed by atoms with Gasteiger partial charge in [-0.3, -0.25) is 14.3 Å². The van der Waals surface area contributed by atoms with Crippen LogP contribution in [0.5, 0.6) is 0 Å². The van der Waals surface area contributed by atoms with Gasteiger partial charge in [-0.15, -0.1) is 10.2 Å². The second-order valence-corrected chi connectivity index (χ2v) is 9.19. The van der Waals surface area contributed by atoms with E-state index in [0.29, 0.717) is 21.0 Å². The second kappa shape index (κ2) is 10.4. The highest BCUT2D eigenvalue weighted by atomic mass is 35.5. The van der Waals surface area contributed by atoms with Gasteiger partial charge in [0.25, 0.3) is 0 Å². The van der Waals surface area contributed by atoms with Crippen LogP contribution in [0.2, 0.25) is 10.0 Å². The highest BCUT2D eigenvalue weighted by Crippen LogP contribution is 2.29. The molecule has 0 saturated heterocycles. The second-order valence-electron chi connectivity index (χ2n) is 7.37. The molecule has 0 aliphatic rings. The molecule has 1 unspecified atom stereocenters. The average Bonchev–Trinajstić information content (AvgIpc) is 3.27. The standard InChI is InChI=1S/C24H21Cl2N5OS/c1-16(17-3-5-19(25)6-4-17)30(2)22(32)15-33-24-29-28-23(18-11-13-27-14-12-18)31(24)21-9-7-20(26)8-10-21/h3-14,16H,15H2,1-2H3. The molecule has 0 aliphatic heterocycles. The lowest BCUT2D eigenvalue weighted by atomic mass is 10.1. The van der Waals surface area contributed by atoms with Crippen LogP contribution in [0, 0.1) is 0 Å². The first kappa shape index (κ1) is 23.3.